The Balaban J connectivity index is 1.90. The normalized spacial score (nSPS) is 11.1. The Morgan fingerprint density at radius 1 is 1.04 bits per heavy atom. The van der Waals surface area contributed by atoms with Gasteiger partial charge in [0.1, 0.15) is 5.82 Å². The van der Waals surface area contributed by atoms with Crippen LogP contribution in [0, 0.1) is 0 Å². The van der Waals surface area contributed by atoms with Crippen molar-refractivity contribution < 1.29 is 13.2 Å². The van der Waals surface area contributed by atoms with Crippen molar-refractivity contribution >= 4 is 27.4 Å². The molecule has 0 saturated heterocycles. The zero-order chi connectivity index (χ0) is 20.2. The molecule has 0 atom stereocenters. The van der Waals surface area contributed by atoms with Crippen molar-refractivity contribution in [3.8, 4) is 0 Å². The number of anilines is 2. The molecule has 27 heavy (non-hydrogen) atoms. The van der Waals surface area contributed by atoms with Crippen molar-refractivity contribution in [3.63, 3.8) is 0 Å². The average Bonchev–Trinajstić information content (AvgIpc) is 2.60. The Kier molecular flexibility index (Phi) is 6.05. The molecule has 146 valence electrons. The first-order valence-electron chi connectivity index (χ1n) is 7.95. The van der Waals surface area contributed by atoms with E-state index in [4.69, 9.17) is 0 Å². The maximum Gasteiger partial charge on any atom is 0.332 e. The number of sulfonamides is 1. The van der Waals surface area contributed by atoms with E-state index in [1.54, 1.807) is 0 Å². The second-order valence-electron chi connectivity index (χ2n) is 5.90. The van der Waals surface area contributed by atoms with Gasteiger partial charge in [0.2, 0.25) is 10.0 Å². The van der Waals surface area contributed by atoms with E-state index >= 15 is 0 Å². The average molecular weight is 395 g/mol. The minimum atomic E-state index is -3.37. The Bertz CT molecular complexity index is 1050. The molecule has 0 aliphatic carbocycles. The van der Waals surface area contributed by atoms with Crippen molar-refractivity contribution in [2.24, 2.45) is 14.1 Å². The van der Waals surface area contributed by atoms with Gasteiger partial charge >= 0.3 is 5.69 Å². The van der Waals surface area contributed by atoms with E-state index in [2.05, 4.69) is 15.4 Å². The van der Waals surface area contributed by atoms with E-state index in [-0.39, 0.29) is 12.5 Å². The van der Waals surface area contributed by atoms with Crippen LogP contribution in [0.2, 0.25) is 0 Å². The molecule has 1 amide bonds. The molecular weight excluding hydrogens is 374 g/mol. The smallest absolute Gasteiger partial charge is 0.332 e. The van der Waals surface area contributed by atoms with Gasteiger partial charge in [-0.3, -0.25) is 23.4 Å². The number of rotatable bonds is 7. The molecule has 3 N–H and O–H groups in total. The minimum Gasteiger partial charge on any atom is -0.369 e. The lowest BCUT2D eigenvalue weighted by Crippen LogP contribution is -2.38. The van der Waals surface area contributed by atoms with E-state index in [1.807, 2.05) is 0 Å². The SMILES string of the molecule is Cn1c(NCCNC(=O)c2ccc(NS(C)(=O)=O)cc2)cc(=O)n(C)c1=O. The van der Waals surface area contributed by atoms with Gasteiger partial charge in [-0.1, -0.05) is 0 Å². The Morgan fingerprint density at radius 2 is 1.67 bits per heavy atom. The zero-order valence-corrected chi connectivity index (χ0v) is 16.0. The van der Waals surface area contributed by atoms with Gasteiger partial charge in [0.25, 0.3) is 11.5 Å². The number of benzene rings is 1. The van der Waals surface area contributed by atoms with Crippen molar-refractivity contribution in [2.45, 2.75) is 0 Å². The minimum absolute atomic E-state index is 0.256. The molecule has 0 aliphatic rings. The summed E-state index contributed by atoms with van der Waals surface area (Å²) in [5, 5.41) is 5.61. The third kappa shape index (κ3) is 5.45. The summed E-state index contributed by atoms with van der Waals surface area (Å²) in [6.45, 7) is 0.561. The number of hydrogen-bond acceptors (Lipinski definition) is 6. The number of amides is 1. The molecule has 0 unspecified atom stereocenters. The quantitative estimate of drug-likeness (QED) is 0.531. The third-order valence-corrected chi connectivity index (χ3v) is 4.30. The number of nitrogens with zero attached hydrogens (tertiary/aromatic N) is 2. The summed E-state index contributed by atoms with van der Waals surface area (Å²) in [5.41, 5.74) is -0.137. The summed E-state index contributed by atoms with van der Waals surface area (Å²) in [7, 11) is -0.443. The maximum atomic E-state index is 12.1. The summed E-state index contributed by atoms with van der Waals surface area (Å²) in [4.78, 5) is 35.6. The second-order valence-corrected chi connectivity index (χ2v) is 7.65. The zero-order valence-electron chi connectivity index (χ0n) is 15.1. The summed E-state index contributed by atoms with van der Waals surface area (Å²) in [6, 6.07) is 7.28. The first-order valence-corrected chi connectivity index (χ1v) is 9.84. The predicted molar refractivity (Wildman–Crippen MR) is 103 cm³/mol. The van der Waals surface area contributed by atoms with Gasteiger partial charge in [-0.2, -0.15) is 0 Å². The van der Waals surface area contributed by atoms with Gasteiger partial charge < -0.3 is 10.6 Å². The van der Waals surface area contributed by atoms with Crippen LogP contribution in [0.4, 0.5) is 11.5 Å². The summed E-state index contributed by atoms with van der Waals surface area (Å²) >= 11 is 0. The standard InChI is InChI=1S/C16H21N5O5S/c1-20-13(10-14(22)21(2)16(20)24)17-8-9-18-15(23)11-4-6-12(7-5-11)19-27(3,25)26/h4-7,10,17,19H,8-9H2,1-3H3,(H,18,23). The fraction of sp³-hybridized carbons (Fsp3) is 0.312. The van der Waals surface area contributed by atoms with Crippen molar-refractivity contribution in [3.05, 3.63) is 56.7 Å². The molecule has 0 radical (unpaired) electrons. The third-order valence-electron chi connectivity index (χ3n) is 3.69. The molecule has 2 rings (SSSR count). The fourth-order valence-electron chi connectivity index (χ4n) is 2.27. The van der Waals surface area contributed by atoms with Crippen LogP contribution in [0.3, 0.4) is 0 Å². The van der Waals surface area contributed by atoms with E-state index < -0.39 is 21.3 Å². The summed E-state index contributed by atoms with van der Waals surface area (Å²) in [5.74, 6) is 0.0223. The highest BCUT2D eigenvalue weighted by atomic mass is 32.2. The van der Waals surface area contributed by atoms with Crippen LogP contribution >= 0.6 is 0 Å². The van der Waals surface area contributed by atoms with Gasteiger partial charge in [-0.05, 0) is 24.3 Å². The molecule has 0 spiro atoms. The monoisotopic (exact) mass is 395 g/mol. The molecular formula is C16H21N5O5S. The lowest BCUT2D eigenvalue weighted by molar-refractivity contribution is 0.0955. The Hall–Kier alpha value is -3.08. The first kappa shape index (κ1) is 20.2. The number of hydrogen-bond donors (Lipinski definition) is 3. The summed E-state index contributed by atoms with van der Waals surface area (Å²) < 4.78 is 26.9. The van der Waals surface area contributed by atoms with Crippen LogP contribution in [0.15, 0.2) is 39.9 Å². The molecule has 11 heteroatoms. The van der Waals surface area contributed by atoms with E-state index in [0.717, 1.165) is 10.8 Å². The van der Waals surface area contributed by atoms with E-state index in [1.165, 1.54) is 49.0 Å². The molecule has 10 nitrogen and oxygen atoms in total. The molecule has 1 aromatic heterocycles. The highest BCUT2D eigenvalue weighted by Gasteiger charge is 2.08. The van der Waals surface area contributed by atoms with Gasteiger partial charge in [-0.15, -0.1) is 0 Å². The van der Waals surface area contributed by atoms with Crippen LogP contribution < -0.4 is 26.6 Å². The Morgan fingerprint density at radius 3 is 2.26 bits per heavy atom. The van der Waals surface area contributed by atoms with Gasteiger partial charge in [0.05, 0.1) is 6.26 Å². The summed E-state index contributed by atoms with van der Waals surface area (Å²) in [6.07, 6.45) is 1.04. The van der Waals surface area contributed by atoms with Crippen LogP contribution in [0.1, 0.15) is 10.4 Å². The predicted octanol–water partition coefficient (Wildman–Crippen LogP) is -0.703. The van der Waals surface area contributed by atoms with Gasteiger partial charge in [0, 0.05) is 44.5 Å². The van der Waals surface area contributed by atoms with Crippen LogP contribution in [-0.2, 0) is 24.1 Å². The van der Waals surface area contributed by atoms with Crippen molar-refractivity contribution in [2.75, 3.05) is 29.4 Å². The number of carbonyl (C=O) groups is 1. The highest BCUT2D eigenvalue weighted by molar-refractivity contribution is 7.92. The maximum absolute atomic E-state index is 12.1. The van der Waals surface area contributed by atoms with Crippen LogP contribution in [0.25, 0.3) is 0 Å². The molecule has 2 aromatic rings. The molecule has 0 saturated carbocycles. The topological polar surface area (TPSA) is 131 Å². The lowest BCUT2D eigenvalue weighted by atomic mass is 10.2. The molecule has 0 aliphatic heterocycles. The van der Waals surface area contributed by atoms with Gasteiger partial charge in [-0.25, -0.2) is 13.2 Å². The lowest BCUT2D eigenvalue weighted by Gasteiger charge is -2.12. The van der Waals surface area contributed by atoms with E-state index in [9.17, 15) is 22.8 Å². The molecule has 1 aromatic carbocycles. The molecule has 0 bridgehead atoms. The number of aromatic nitrogens is 2. The number of carbonyl (C=O) groups excluding carboxylic acids is 1. The highest BCUT2D eigenvalue weighted by Crippen LogP contribution is 2.10. The second kappa shape index (κ2) is 8.08. The first-order chi connectivity index (χ1) is 12.6. The van der Waals surface area contributed by atoms with Crippen molar-refractivity contribution in [1.82, 2.24) is 14.5 Å². The number of nitrogens with one attached hydrogen (secondary N) is 3. The molecule has 1 heterocycles. The van der Waals surface area contributed by atoms with Crippen LogP contribution in [0.5, 0.6) is 0 Å². The Labute approximate surface area is 155 Å². The molecule has 0 fully saturated rings. The van der Waals surface area contributed by atoms with Crippen molar-refractivity contribution in [1.29, 1.82) is 0 Å². The fourth-order valence-corrected chi connectivity index (χ4v) is 2.84. The van der Waals surface area contributed by atoms with Crippen LogP contribution in [-0.4, -0.2) is 42.8 Å². The van der Waals surface area contributed by atoms with E-state index in [0.29, 0.717) is 23.6 Å². The largest absolute Gasteiger partial charge is 0.369 e. The van der Waals surface area contributed by atoms with Gasteiger partial charge in [0.15, 0.2) is 0 Å².